The summed E-state index contributed by atoms with van der Waals surface area (Å²) in [5.74, 6) is 0. The fourth-order valence-corrected chi connectivity index (χ4v) is 6.10. The lowest BCUT2D eigenvalue weighted by Crippen LogP contribution is -2.33. The molecule has 0 N–H and O–H groups in total. The van der Waals surface area contributed by atoms with E-state index in [0.717, 1.165) is 24.3 Å². The first kappa shape index (κ1) is 25.6. The second-order valence-corrected chi connectivity index (χ2v) is 12.9. The first-order valence-corrected chi connectivity index (χ1v) is 13.7. The molecule has 0 bridgehead atoms. The van der Waals surface area contributed by atoms with Gasteiger partial charge in [0.15, 0.2) is 0 Å². The van der Waals surface area contributed by atoms with Crippen LogP contribution in [0.5, 0.6) is 0 Å². The molecule has 0 amide bonds. The van der Waals surface area contributed by atoms with Crippen molar-refractivity contribution >= 4 is 23.4 Å². The number of nitrogens with zero attached hydrogens (tertiary/aromatic N) is 3. The van der Waals surface area contributed by atoms with Gasteiger partial charge in [-0.15, -0.1) is 11.3 Å². The van der Waals surface area contributed by atoms with E-state index in [2.05, 4.69) is 95.6 Å². The lowest BCUT2D eigenvalue weighted by molar-refractivity contribution is 0.332. The zero-order valence-electron chi connectivity index (χ0n) is 23.0. The Morgan fingerprint density at radius 2 is 1.66 bits per heavy atom. The molecule has 1 heterocycles. The van der Waals surface area contributed by atoms with Crippen LogP contribution < -0.4 is 0 Å². The summed E-state index contributed by atoms with van der Waals surface area (Å²) in [5, 5.41) is 1.18. The van der Waals surface area contributed by atoms with Crippen molar-refractivity contribution in [2.24, 2.45) is 4.99 Å². The molecule has 0 atom stereocenters. The Labute approximate surface area is 216 Å². The summed E-state index contributed by atoms with van der Waals surface area (Å²) < 4.78 is 0. The molecule has 4 rings (SSSR count). The van der Waals surface area contributed by atoms with Crippen molar-refractivity contribution in [3.05, 3.63) is 68.0 Å². The minimum atomic E-state index is 0.207. The lowest BCUT2D eigenvalue weighted by Gasteiger charge is -2.42. The molecule has 0 spiro atoms. The highest BCUT2D eigenvalue weighted by atomic mass is 32.1. The molecule has 4 heteroatoms. The summed E-state index contributed by atoms with van der Waals surface area (Å²) in [4.78, 5) is 13.2. The number of hydrogen-bond donors (Lipinski definition) is 0. The zero-order chi connectivity index (χ0) is 25.5. The first-order chi connectivity index (χ1) is 16.4. The van der Waals surface area contributed by atoms with Crippen LogP contribution in [-0.2, 0) is 17.3 Å². The molecule has 1 aliphatic rings. The largest absolute Gasteiger partial charge is 0.366 e. The van der Waals surface area contributed by atoms with E-state index in [4.69, 9.17) is 4.98 Å². The average molecular weight is 488 g/mol. The Hall–Kier alpha value is -2.46. The predicted molar refractivity (Wildman–Crippen MR) is 153 cm³/mol. The van der Waals surface area contributed by atoms with Gasteiger partial charge in [0.2, 0.25) is 0 Å². The van der Waals surface area contributed by atoms with Crippen molar-refractivity contribution < 1.29 is 0 Å². The molecule has 35 heavy (non-hydrogen) atoms. The van der Waals surface area contributed by atoms with Crippen molar-refractivity contribution in [1.82, 2.24) is 9.88 Å². The highest BCUT2D eigenvalue weighted by molar-refractivity contribution is 7.12. The van der Waals surface area contributed by atoms with E-state index in [-0.39, 0.29) is 10.8 Å². The number of fused-ring (bicyclic) bond motifs is 1. The Bertz CT molecular complexity index is 1260. The fraction of sp³-hybridized carbons (Fsp3) is 0.484. The minimum Gasteiger partial charge on any atom is -0.366 e. The Balaban J connectivity index is 1.63. The maximum absolute atomic E-state index is 5.15. The molecule has 1 aliphatic carbocycles. The van der Waals surface area contributed by atoms with Gasteiger partial charge in [0.25, 0.3) is 0 Å². The molecule has 0 saturated carbocycles. The van der Waals surface area contributed by atoms with Crippen LogP contribution >= 0.6 is 11.3 Å². The van der Waals surface area contributed by atoms with E-state index < -0.39 is 0 Å². The van der Waals surface area contributed by atoms with Gasteiger partial charge < -0.3 is 4.90 Å². The number of aryl methyl sites for hydroxylation is 3. The number of rotatable bonds is 6. The summed E-state index contributed by atoms with van der Waals surface area (Å²) in [6.07, 6.45) is 5.24. The summed E-state index contributed by atoms with van der Waals surface area (Å²) in [6.45, 7) is 19.2. The zero-order valence-corrected chi connectivity index (χ0v) is 23.9. The van der Waals surface area contributed by atoms with Crippen LogP contribution in [0.25, 0.3) is 11.3 Å². The Morgan fingerprint density at radius 1 is 0.971 bits per heavy atom. The van der Waals surface area contributed by atoms with Crippen LogP contribution in [0.1, 0.15) is 85.2 Å². The summed E-state index contributed by atoms with van der Waals surface area (Å²) in [5.41, 5.74) is 10.7. The number of aromatic nitrogens is 1. The highest BCUT2D eigenvalue weighted by Crippen LogP contribution is 2.47. The fourth-order valence-electron chi connectivity index (χ4n) is 5.13. The second kappa shape index (κ2) is 9.54. The van der Waals surface area contributed by atoms with E-state index in [0.29, 0.717) is 0 Å². The van der Waals surface area contributed by atoms with Gasteiger partial charge in [0.1, 0.15) is 0 Å². The quantitative estimate of drug-likeness (QED) is 0.258. The molecule has 1 aromatic heterocycles. The molecule has 0 radical (unpaired) electrons. The van der Waals surface area contributed by atoms with Crippen LogP contribution in [-0.4, -0.2) is 29.8 Å². The van der Waals surface area contributed by atoms with Crippen molar-refractivity contribution in [2.45, 2.75) is 85.5 Å². The summed E-state index contributed by atoms with van der Waals surface area (Å²) in [7, 11) is 2.05. The molecule has 0 fully saturated rings. The van der Waals surface area contributed by atoms with Gasteiger partial charge in [0, 0.05) is 30.5 Å². The van der Waals surface area contributed by atoms with E-state index in [1.54, 1.807) is 0 Å². The van der Waals surface area contributed by atoms with Crippen LogP contribution in [0.15, 0.2) is 35.3 Å². The maximum Gasteiger partial charge on any atom is 0.0979 e. The lowest BCUT2D eigenvalue weighted by atomic mass is 9.63. The van der Waals surface area contributed by atoms with Gasteiger partial charge in [-0.2, -0.15) is 0 Å². The topological polar surface area (TPSA) is 28.5 Å². The molecule has 3 nitrogen and oxygen atoms in total. The SMILES string of the molecule is CCN(C)C=Nc1cc(C)c(Cc2nc(-c3ccc4c(c3)C(C)(C)CCC4(C)C)c(C)s2)cc1C. The summed E-state index contributed by atoms with van der Waals surface area (Å²) >= 11 is 1.83. The normalized spacial score (nSPS) is 16.5. The monoisotopic (exact) mass is 487 g/mol. The van der Waals surface area contributed by atoms with Crippen molar-refractivity contribution in [3.8, 4) is 11.3 Å². The number of thiazole rings is 1. The van der Waals surface area contributed by atoms with E-state index in [9.17, 15) is 0 Å². The molecular formula is C31H41N3S. The van der Waals surface area contributed by atoms with Crippen molar-refractivity contribution in [2.75, 3.05) is 13.6 Å². The van der Waals surface area contributed by atoms with Crippen LogP contribution in [0.3, 0.4) is 0 Å². The molecule has 3 aromatic rings. The molecule has 0 aliphatic heterocycles. The average Bonchev–Trinajstić information content (AvgIpc) is 3.17. The van der Waals surface area contributed by atoms with Gasteiger partial charge in [-0.1, -0.05) is 45.9 Å². The van der Waals surface area contributed by atoms with Gasteiger partial charge in [-0.3, -0.25) is 0 Å². The minimum absolute atomic E-state index is 0.207. The summed E-state index contributed by atoms with van der Waals surface area (Å²) in [6, 6.07) is 11.6. The number of hydrogen-bond acceptors (Lipinski definition) is 3. The molecular weight excluding hydrogens is 446 g/mol. The number of benzene rings is 2. The molecule has 0 saturated heterocycles. The smallest absolute Gasteiger partial charge is 0.0979 e. The Morgan fingerprint density at radius 3 is 2.34 bits per heavy atom. The highest BCUT2D eigenvalue weighted by Gasteiger charge is 2.37. The standard InChI is InChI=1S/C31H41N3S/c1-10-34(9)19-32-27-16-20(2)24(15-21(27)3)18-28-33-29(22(4)35-28)23-11-12-25-26(17-23)31(7,8)14-13-30(25,5)6/h11-12,15-17,19H,10,13-14,18H2,1-9H3. The van der Waals surface area contributed by atoms with Gasteiger partial charge >= 0.3 is 0 Å². The van der Waals surface area contributed by atoms with Gasteiger partial charge in [-0.25, -0.2) is 9.98 Å². The third kappa shape index (κ3) is 5.23. The molecule has 0 unspecified atom stereocenters. The van der Waals surface area contributed by atoms with Crippen LogP contribution in [0.4, 0.5) is 5.69 Å². The van der Waals surface area contributed by atoms with E-state index in [1.807, 2.05) is 24.7 Å². The van der Waals surface area contributed by atoms with Gasteiger partial charge in [-0.05, 0) is 91.3 Å². The third-order valence-corrected chi connectivity index (χ3v) is 8.83. The second-order valence-electron chi connectivity index (χ2n) is 11.6. The van der Waals surface area contributed by atoms with Crippen LogP contribution in [0, 0.1) is 20.8 Å². The predicted octanol–water partition coefficient (Wildman–Crippen LogP) is 8.29. The van der Waals surface area contributed by atoms with Crippen molar-refractivity contribution in [3.63, 3.8) is 0 Å². The maximum atomic E-state index is 5.15. The van der Waals surface area contributed by atoms with Gasteiger partial charge in [0.05, 0.1) is 22.7 Å². The van der Waals surface area contributed by atoms with E-state index >= 15 is 0 Å². The first-order valence-electron chi connectivity index (χ1n) is 12.9. The van der Waals surface area contributed by atoms with E-state index in [1.165, 1.54) is 56.1 Å². The molecule has 186 valence electrons. The third-order valence-electron chi connectivity index (χ3n) is 7.86. The van der Waals surface area contributed by atoms with Crippen LogP contribution in [0.2, 0.25) is 0 Å². The Kier molecular flexibility index (Phi) is 6.98. The number of aliphatic imine (C=N–C) groups is 1. The van der Waals surface area contributed by atoms with Crippen molar-refractivity contribution in [1.29, 1.82) is 0 Å². The molecule has 2 aromatic carbocycles.